The molecule has 0 saturated heterocycles. The molecule has 8 heteroatoms. The standard InChI is InChI=1S/C18H13FN2O4S/c19-13-4-2-1-3-12(13)11-5-6-16(20-9-11)25-10-15(22)21-14-7-8-26-17(14)18(23)24/h1-9H,10H2,(H,21,22)(H,23,24). The van der Waals surface area contributed by atoms with Crippen LogP contribution in [0.15, 0.2) is 54.0 Å². The van der Waals surface area contributed by atoms with Crippen molar-refractivity contribution in [3.63, 3.8) is 0 Å². The molecule has 2 heterocycles. The molecule has 0 spiro atoms. The van der Waals surface area contributed by atoms with E-state index in [-0.39, 0.29) is 28.9 Å². The molecule has 0 aliphatic rings. The van der Waals surface area contributed by atoms with Gasteiger partial charge in [0.25, 0.3) is 5.91 Å². The summed E-state index contributed by atoms with van der Waals surface area (Å²) in [6.45, 7) is -0.332. The van der Waals surface area contributed by atoms with Crippen molar-refractivity contribution in [3.8, 4) is 17.0 Å². The van der Waals surface area contributed by atoms with Crippen LogP contribution < -0.4 is 10.1 Å². The molecule has 3 rings (SSSR count). The second kappa shape index (κ2) is 7.75. The van der Waals surface area contributed by atoms with E-state index in [0.717, 1.165) is 11.3 Å². The Morgan fingerprint density at radius 3 is 2.69 bits per heavy atom. The number of ether oxygens (including phenoxy) is 1. The SMILES string of the molecule is O=C(COc1ccc(-c2ccccc2F)cn1)Nc1ccsc1C(=O)O. The van der Waals surface area contributed by atoms with Gasteiger partial charge in [-0.25, -0.2) is 14.2 Å². The minimum absolute atomic E-state index is 0.0470. The maximum atomic E-state index is 13.7. The van der Waals surface area contributed by atoms with Gasteiger partial charge in [0, 0.05) is 23.4 Å². The number of carbonyl (C=O) groups is 2. The normalized spacial score (nSPS) is 10.3. The molecule has 26 heavy (non-hydrogen) atoms. The molecule has 132 valence electrons. The van der Waals surface area contributed by atoms with Gasteiger partial charge in [0.15, 0.2) is 6.61 Å². The van der Waals surface area contributed by atoms with Crippen molar-refractivity contribution in [2.75, 3.05) is 11.9 Å². The molecule has 3 aromatic rings. The second-order valence-corrected chi connectivity index (χ2v) is 6.09. The third kappa shape index (κ3) is 4.04. The highest BCUT2D eigenvalue weighted by Crippen LogP contribution is 2.24. The average molecular weight is 372 g/mol. The fourth-order valence-corrected chi connectivity index (χ4v) is 2.91. The van der Waals surface area contributed by atoms with Gasteiger partial charge in [0.1, 0.15) is 10.7 Å². The molecule has 1 amide bonds. The van der Waals surface area contributed by atoms with Crippen LogP contribution in [-0.4, -0.2) is 28.6 Å². The quantitative estimate of drug-likeness (QED) is 0.689. The molecule has 0 aliphatic carbocycles. The van der Waals surface area contributed by atoms with E-state index in [1.165, 1.54) is 24.4 Å². The predicted molar refractivity (Wildman–Crippen MR) is 95.0 cm³/mol. The maximum absolute atomic E-state index is 13.7. The lowest BCUT2D eigenvalue weighted by molar-refractivity contribution is -0.118. The Morgan fingerprint density at radius 2 is 2.00 bits per heavy atom. The number of halogens is 1. The van der Waals surface area contributed by atoms with Crippen molar-refractivity contribution < 1.29 is 23.8 Å². The number of hydrogen-bond acceptors (Lipinski definition) is 5. The van der Waals surface area contributed by atoms with Crippen LogP contribution in [-0.2, 0) is 4.79 Å². The van der Waals surface area contributed by atoms with Crippen molar-refractivity contribution in [3.05, 3.63) is 64.7 Å². The largest absolute Gasteiger partial charge is 0.477 e. The third-order valence-electron chi connectivity index (χ3n) is 3.41. The highest BCUT2D eigenvalue weighted by molar-refractivity contribution is 7.12. The number of thiophene rings is 1. The summed E-state index contributed by atoms with van der Waals surface area (Å²) in [4.78, 5) is 27.0. The molecular weight excluding hydrogens is 359 g/mol. The molecule has 0 unspecified atom stereocenters. The number of hydrogen-bond donors (Lipinski definition) is 2. The minimum Gasteiger partial charge on any atom is -0.477 e. The van der Waals surface area contributed by atoms with Gasteiger partial charge in [-0.15, -0.1) is 11.3 Å². The Kier molecular flexibility index (Phi) is 5.23. The number of rotatable bonds is 6. The van der Waals surface area contributed by atoms with Crippen molar-refractivity contribution in [2.24, 2.45) is 0 Å². The van der Waals surface area contributed by atoms with E-state index in [1.54, 1.807) is 29.6 Å². The molecule has 0 aliphatic heterocycles. The van der Waals surface area contributed by atoms with Crippen LogP contribution in [0.25, 0.3) is 11.1 Å². The van der Waals surface area contributed by atoms with Crippen molar-refractivity contribution in [2.45, 2.75) is 0 Å². The van der Waals surface area contributed by atoms with E-state index in [9.17, 15) is 14.0 Å². The zero-order valence-corrected chi connectivity index (χ0v) is 14.1. The monoisotopic (exact) mass is 372 g/mol. The lowest BCUT2D eigenvalue weighted by Gasteiger charge is -2.08. The maximum Gasteiger partial charge on any atom is 0.348 e. The zero-order chi connectivity index (χ0) is 18.5. The van der Waals surface area contributed by atoms with Crippen molar-refractivity contribution >= 4 is 28.9 Å². The van der Waals surface area contributed by atoms with Crippen LogP contribution in [0.2, 0.25) is 0 Å². The molecule has 6 nitrogen and oxygen atoms in total. The zero-order valence-electron chi connectivity index (χ0n) is 13.3. The Balaban J connectivity index is 1.60. The molecule has 2 N–H and O–H groups in total. The number of pyridine rings is 1. The molecule has 0 saturated carbocycles. The van der Waals surface area contributed by atoms with Gasteiger partial charge in [-0.1, -0.05) is 18.2 Å². The predicted octanol–water partition coefficient (Wildman–Crippen LogP) is 3.66. The number of benzene rings is 1. The highest BCUT2D eigenvalue weighted by Gasteiger charge is 2.14. The summed E-state index contributed by atoms with van der Waals surface area (Å²) in [6.07, 6.45) is 1.45. The van der Waals surface area contributed by atoms with Gasteiger partial charge in [-0.05, 0) is 23.6 Å². The van der Waals surface area contributed by atoms with Gasteiger partial charge in [-0.3, -0.25) is 4.79 Å². The highest BCUT2D eigenvalue weighted by atomic mass is 32.1. The van der Waals surface area contributed by atoms with E-state index in [0.29, 0.717) is 11.1 Å². The molecule has 0 bridgehead atoms. The van der Waals surface area contributed by atoms with Crippen LogP contribution in [0, 0.1) is 5.82 Å². The van der Waals surface area contributed by atoms with E-state index in [2.05, 4.69) is 10.3 Å². The Hall–Kier alpha value is -3.26. The number of nitrogens with one attached hydrogen (secondary N) is 1. The summed E-state index contributed by atoms with van der Waals surface area (Å²) in [5, 5.41) is 13.1. The van der Waals surface area contributed by atoms with Crippen LogP contribution >= 0.6 is 11.3 Å². The van der Waals surface area contributed by atoms with E-state index in [1.807, 2.05) is 0 Å². The number of nitrogens with zero attached hydrogens (tertiary/aromatic N) is 1. The van der Waals surface area contributed by atoms with Crippen LogP contribution in [0.1, 0.15) is 9.67 Å². The second-order valence-electron chi connectivity index (χ2n) is 5.17. The Bertz CT molecular complexity index is 940. The van der Waals surface area contributed by atoms with Crippen molar-refractivity contribution in [1.82, 2.24) is 4.98 Å². The summed E-state index contributed by atoms with van der Waals surface area (Å²) in [5.41, 5.74) is 1.23. The molecule has 0 fully saturated rings. The number of carboxylic acid groups (broad SMARTS) is 1. The lowest BCUT2D eigenvalue weighted by Crippen LogP contribution is -2.21. The van der Waals surface area contributed by atoms with Crippen LogP contribution in [0.5, 0.6) is 5.88 Å². The summed E-state index contributed by atoms with van der Waals surface area (Å²) < 4.78 is 19.0. The summed E-state index contributed by atoms with van der Waals surface area (Å²) >= 11 is 1.02. The number of carbonyl (C=O) groups excluding carboxylic acids is 1. The summed E-state index contributed by atoms with van der Waals surface area (Å²) in [6, 6.07) is 11.0. The molecule has 0 radical (unpaired) electrons. The van der Waals surface area contributed by atoms with Gasteiger partial charge >= 0.3 is 5.97 Å². The molecule has 0 atom stereocenters. The first-order valence-corrected chi connectivity index (χ1v) is 8.37. The first-order chi connectivity index (χ1) is 12.5. The molecule has 1 aromatic carbocycles. The lowest BCUT2D eigenvalue weighted by atomic mass is 10.1. The number of anilines is 1. The Labute approximate surface area is 151 Å². The van der Waals surface area contributed by atoms with E-state index < -0.39 is 11.9 Å². The Morgan fingerprint density at radius 1 is 1.19 bits per heavy atom. The van der Waals surface area contributed by atoms with Crippen LogP contribution in [0.3, 0.4) is 0 Å². The number of amides is 1. The fraction of sp³-hybridized carbons (Fsp3) is 0.0556. The fourth-order valence-electron chi connectivity index (χ4n) is 2.22. The molecule has 2 aromatic heterocycles. The van der Waals surface area contributed by atoms with Gasteiger partial charge < -0.3 is 15.2 Å². The van der Waals surface area contributed by atoms with E-state index in [4.69, 9.17) is 9.84 Å². The van der Waals surface area contributed by atoms with Crippen molar-refractivity contribution in [1.29, 1.82) is 0 Å². The third-order valence-corrected chi connectivity index (χ3v) is 4.31. The number of carboxylic acids is 1. The number of aromatic nitrogens is 1. The van der Waals surface area contributed by atoms with Gasteiger partial charge in [0.05, 0.1) is 5.69 Å². The summed E-state index contributed by atoms with van der Waals surface area (Å²) in [7, 11) is 0. The smallest absolute Gasteiger partial charge is 0.348 e. The minimum atomic E-state index is -1.11. The number of aromatic carboxylic acids is 1. The molecular formula is C18H13FN2O4S. The van der Waals surface area contributed by atoms with Crippen LogP contribution in [0.4, 0.5) is 10.1 Å². The average Bonchev–Trinajstić information content (AvgIpc) is 3.09. The first kappa shape index (κ1) is 17.6. The van der Waals surface area contributed by atoms with Gasteiger partial charge in [-0.2, -0.15) is 0 Å². The summed E-state index contributed by atoms with van der Waals surface area (Å²) in [5.74, 6) is -1.77. The topological polar surface area (TPSA) is 88.5 Å². The first-order valence-electron chi connectivity index (χ1n) is 7.49. The van der Waals surface area contributed by atoms with E-state index >= 15 is 0 Å². The van der Waals surface area contributed by atoms with Gasteiger partial charge in [0.2, 0.25) is 5.88 Å².